The number of methoxy groups -OCH3 is 1. The van der Waals surface area contributed by atoms with Gasteiger partial charge in [-0.2, -0.15) is 0 Å². The Bertz CT molecular complexity index is 1060. The number of nitrogens with zero attached hydrogens (tertiary/aromatic N) is 2. The first kappa shape index (κ1) is 28.1. The molecular formula is C26H39N7O4. The summed E-state index contributed by atoms with van der Waals surface area (Å²) >= 11 is 0. The maximum absolute atomic E-state index is 12.2. The molecule has 0 atom stereocenters. The molecule has 6 N–H and O–H groups in total. The Morgan fingerprint density at radius 1 is 1.14 bits per heavy atom. The Balaban J connectivity index is 1.78. The van der Waals surface area contributed by atoms with E-state index in [4.69, 9.17) is 20.2 Å². The van der Waals surface area contributed by atoms with Crippen molar-refractivity contribution in [1.82, 2.24) is 20.6 Å². The lowest BCUT2D eigenvalue weighted by Crippen LogP contribution is -2.29. The van der Waals surface area contributed by atoms with Gasteiger partial charge in [0.15, 0.2) is 17.3 Å². The van der Waals surface area contributed by atoms with E-state index in [2.05, 4.69) is 26.3 Å². The van der Waals surface area contributed by atoms with Crippen molar-refractivity contribution in [2.24, 2.45) is 5.73 Å². The molecule has 2 heterocycles. The molecule has 1 aromatic heterocycles. The van der Waals surface area contributed by atoms with Crippen molar-refractivity contribution in [1.29, 1.82) is 0 Å². The van der Waals surface area contributed by atoms with Gasteiger partial charge in [-0.15, -0.1) is 0 Å². The highest BCUT2D eigenvalue weighted by atomic mass is 16.5. The summed E-state index contributed by atoms with van der Waals surface area (Å²) in [5.41, 5.74) is 8.05. The number of primary amides is 1. The number of nitrogens with two attached hydrogens (primary N) is 1. The fourth-order valence-corrected chi connectivity index (χ4v) is 4.12. The molecular weight excluding hydrogens is 474 g/mol. The molecule has 0 saturated carbocycles. The lowest BCUT2D eigenvalue weighted by atomic mass is 10.1. The van der Waals surface area contributed by atoms with E-state index < -0.39 is 5.91 Å². The summed E-state index contributed by atoms with van der Waals surface area (Å²) in [6, 6.07) is 5.88. The number of nitrogens with one attached hydrogen (secondary N) is 4. The standard InChI is InChI=1S/C26H39N7O4/c1-4-21-25(30-18-8-12-37-13-9-18)33-26(23(32-21)24(27)35)31-19-14-17(15-20(16-19)36-3)7-11-29-22(34)6-5-10-28-2/h14-16,18,28H,4-13H2,1-3H3,(H2,27,35)(H,29,34)(H2,30,31,33). The molecule has 1 aliphatic rings. The molecule has 0 unspecified atom stereocenters. The minimum Gasteiger partial charge on any atom is -0.497 e. The van der Waals surface area contributed by atoms with Gasteiger partial charge in [-0.05, 0) is 63.4 Å². The van der Waals surface area contributed by atoms with E-state index in [0.717, 1.165) is 31.4 Å². The number of carbonyl (C=O) groups is 2. The number of hydrogen-bond donors (Lipinski definition) is 5. The Kier molecular flexibility index (Phi) is 10.9. The third kappa shape index (κ3) is 8.57. The van der Waals surface area contributed by atoms with Gasteiger partial charge in [-0.3, -0.25) is 9.59 Å². The molecule has 202 valence electrons. The predicted octanol–water partition coefficient (Wildman–Crippen LogP) is 2.14. The molecule has 1 saturated heterocycles. The van der Waals surface area contributed by atoms with Crippen LogP contribution in [0.15, 0.2) is 18.2 Å². The molecule has 3 rings (SSSR count). The van der Waals surface area contributed by atoms with Gasteiger partial charge in [-0.1, -0.05) is 6.92 Å². The summed E-state index contributed by atoms with van der Waals surface area (Å²) in [7, 11) is 3.46. The number of aryl methyl sites for hydroxylation is 1. The second-order valence-corrected chi connectivity index (χ2v) is 8.97. The van der Waals surface area contributed by atoms with Gasteiger partial charge in [0.2, 0.25) is 5.91 Å². The van der Waals surface area contributed by atoms with E-state index in [0.29, 0.717) is 62.0 Å². The lowest BCUT2D eigenvalue weighted by Gasteiger charge is -2.25. The highest BCUT2D eigenvalue weighted by Crippen LogP contribution is 2.27. The van der Waals surface area contributed by atoms with Gasteiger partial charge < -0.3 is 36.5 Å². The van der Waals surface area contributed by atoms with Gasteiger partial charge in [0.1, 0.15) is 5.75 Å². The Morgan fingerprint density at radius 3 is 2.59 bits per heavy atom. The second kappa shape index (κ2) is 14.3. The Labute approximate surface area is 218 Å². The van der Waals surface area contributed by atoms with E-state index in [1.54, 1.807) is 7.11 Å². The number of anilines is 3. The molecule has 1 fully saturated rings. The van der Waals surface area contributed by atoms with E-state index in [1.807, 2.05) is 32.2 Å². The number of ether oxygens (including phenoxy) is 2. The Hall–Kier alpha value is -3.44. The fraction of sp³-hybridized carbons (Fsp3) is 0.538. The van der Waals surface area contributed by atoms with Crippen molar-refractivity contribution in [3.8, 4) is 5.75 Å². The van der Waals surface area contributed by atoms with Crippen LogP contribution in [0.4, 0.5) is 17.3 Å². The second-order valence-electron chi connectivity index (χ2n) is 8.97. The summed E-state index contributed by atoms with van der Waals surface area (Å²) in [4.78, 5) is 33.5. The zero-order valence-corrected chi connectivity index (χ0v) is 22.0. The molecule has 0 aliphatic carbocycles. The van der Waals surface area contributed by atoms with Crippen LogP contribution >= 0.6 is 0 Å². The van der Waals surface area contributed by atoms with Crippen LogP contribution in [0.5, 0.6) is 5.75 Å². The minimum absolute atomic E-state index is 0.0263. The fourth-order valence-electron chi connectivity index (χ4n) is 4.12. The third-order valence-electron chi connectivity index (χ3n) is 6.13. The van der Waals surface area contributed by atoms with E-state index in [1.165, 1.54) is 0 Å². The van der Waals surface area contributed by atoms with Crippen LogP contribution in [0.25, 0.3) is 0 Å². The van der Waals surface area contributed by atoms with Crippen molar-refractivity contribution in [2.45, 2.75) is 51.5 Å². The molecule has 0 radical (unpaired) electrons. The zero-order valence-electron chi connectivity index (χ0n) is 22.0. The largest absolute Gasteiger partial charge is 0.497 e. The first-order valence-electron chi connectivity index (χ1n) is 12.8. The maximum Gasteiger partial charge on any atom is 0.271 e. The average Bonchev–Trinajstić information content (AvgIpc) is 2.89. The molecule has 0 spiro atoms. The third-order valence-corrected chi connectivity index (χ3v) is 6.13. The number of benzene rings is 1. The van der Waals surface area contributed by atoms with E-state index in [9.17, 15) is 9.59 Å². The highest BCUT2D eigenvalue weighted by molar-refractivity contribution is 5.96. The maximum atomic E-state index is 12.2. The highest BCUT2D eigenvalue weighted by Gasteiger charge is 2.21. The average molecular weight is 514 g/mol. The normalized spacial score (nSPS) is 13.7. The zero-order chi connectivity index (χ0) is 26.6. The number of carbonyl (C=O) groups excluding carboxylic acids is 2. The molecule has 1 aromatic carbocycles. The lowest BCUT2D eigenvalue weighted by molar-refractivity contribution is -0.121. The number of rotatable bonds is 14. The molecule has 2 aromatic rings. The molecule has 37 heavy (non-hydrogen) atoms. The number of amides is 2. The van der Waals surface area contributed by atoms with Crippen LogP contribution in [0, 0.1) is 0 Å². The molecule has 2 amide bonds. The van der Waals surface area contributed by atoms with Crippen molar-refractivity contribution in [2.75, 3.05) is 51.1 Å². The molecule has 11 nitrogen and oxygen atoms in total. The number of hydrogen-bond acceptors (Lipinski definition) is 9. The summed E-state index contributed by atoms with van der Waals surface area (Å²) in [6.07, 6.45) is 4.23. The van der Waals surface area contributed by atoms with Gasteiger partial charge in [0, 0.05) is 44.0 Å². The molecule has 1 aliphatic heterocycles. The van der Waals surface area contributed by atoms with Gasteiger partial charge in [0.25, 0.3) is 5.91 Å². The topological polar surface area (TPSA) is 153 Å². The minimum atomic E-state index is -0.661. The quantitative estimate of drug-likeness (QED) is 0.239. The molecule has 11 heteroatoms. The van der Waals surface area contributed by atoms with Gasteiger partial charge in [0.05, 0.1) is 12.8 Å². The van der Waals surface area contributed by atoms with Crippen LogP contribution in [-0.4, -0.2) is 68.3 Å². The summed E-state index contributed by atoms with van der Waals surface area (Å²) in [6.45, 7) is 4.66. The van der Waals surface area contributed by atoms with Crippen molar-refractivity contribution in [3.63, 3.8) is 0 Å². The van der Waals surface area contributed by atoms with Crippen molar-refractivity contribution in [3.05, 3.63) is 35.2 Å². The van der Waals surface area contributed by atoms with Gasteiger partial charge >= 0.3 is 0 Å². The summed E-state index contributed by atoms with van der Waals surface area (Å²) < 4.78 is 10.9. The molecule has 0 bridgehead atoms. The number of aromatic nitrogens is 2. The first-order chi connectivity index (χ1) is 17.9. The van der Waals surface area contributed by atoms with E-state index >= 15 is 0 Å². The van der Waals surface area contributed by atoms with Crippen molar-refractivity contribution >= 4 is 29.1 Å². The first-order valence-corrected chi connectivity index (χ1v) is 12.8. The predicted molar refractivity (Wildman–Crippen MR) is 144 cm³/mol. The SMILES string of the molecule is CCc1nc(C(N)=O)c(Nc2cc(CCNC(=O)CCCNC)cc(OC)c2)nc1NC1CCOCC1. The summed E-state index contributed by atoms with van der Waals surface area (Å²) in [5.74, 6) is 0.909. The monoisotopic (exact) mass is 513 g/mol. The van der Waals surface area contributed by atoms with Crippen LogP contribution in [0.3, 0.4) is 0 Å². The smallest absolute Gasteiger partial charge is 0.271 e. The Morgan fingerprint density at radius 2 is 1.92 bits per heavy atom. The van der Waals surface area contributed by atoms with Crippen LogP contribution < -0.4 is 31.7 Å². The van der Waals surface area contributed by atoms with Crippen LogP contribution in [-0.2, 0) is 22.4 Å². The van der Waals surface area contributed by atoms with Gasteiger partial charge in [-0.25, -0.2) is 9.97 Å². The van der Waals surface area contributed by atoms with E-state index in [-0.39, 0.29) is 23.5 Å². The van der Waals surface area contributed by atoms with Crippen LogP contribution in [0.1, 0.15) is 54.4 Å². The summed E-state index contributed by atoms with van der Waals surface area (Å²) in [5, 5.41) is 12.7. The van der Waals surface area contributed by atoms with Crippen LogP contribution in [0.2, 0.25) is 0 Å². The van der Waals surface area contributed by atoms with Crippen molar-refractivity contribution < 1.29 is 19.1 Å².